The fraction of sp³-hybridized carbons (Fsp3) is 0.800. The van der Waals surface area contributed by atoms with E-state index in [1.54, 1.807) is 0 Å². The van der Waals surface area contributed by atoms with Crippen molar-refractivity contribution in [2.24, 2.45) is 23.7 Å². The summed E-state index contributed by atoms with van der Waals surface area (Å²) in [4.78, 5) is 0. The molecule has 3 aliphatic rings. The quantitative estimate of drug-likeness (QED) is 0.728. The van der Waals surface area contributed by atoms with Gasteiger partial charge in [-0.3, -0.25) is 0 Å². The highest BCUT2D eigenvalue weighted by Crippen LogP contribution is 2.54. The Morgan fingerprint density at radius 3 is 2.57 bits per heavy atom. The van der Waals surface area contributed by atoms with E-state index in [9.17, 15) is 10.2 Å². The van der Waals surface area contributed by atoms with Gasteiger partial charge in [-0.25, -0.2) is 0 Å². The SMILES string of the molecule is C=C1CC[C@H](C(C)C)[C@@H]2[C@H]1[C@@H]1CC(=C)[C@H](O)CC[C@](C)(O)[C@H]2O1. The lowest BCUT2D eigenvalue weighted by Crippen LogP contribution is -2.48. The topological polar surface area (TPSA) is 49.7 Å². The van der Waals surface area contributed by atoms with Crippen molar-refractivity contribution in [1.29, 1.82) is 0 Å². The third-order valence-electron chi connectivity index (χ3n) is 6.58. The molecule has 1 aliphatic carbocycles. The van der Waals surface area contributed by atoms with Crippen LogP contribution in [0, 0.1) is 23.7 Å². The van der Waals surface area contributed by atoms with Crippen LogP contribution in [0.5, 0.6) is 0 Å². The molecule has 3 nitrogen and oxygen atoms in total. The molecular weight excluding hydrogens is 288 g/mol. The smallest absolute Gasteiger partial charge is 0.0900 e. The van der Waals surface area contributed by atoms with Gasteiger partial charge in [0, 0.05) is 5.92 Å². The van der Waals surface area contributed by atoms with Gasteiger partial charge < -0.3 is 14.9 Å². The Kier molecular flexibility index (Phi) is 4.50. The zero-order valence-electron chi connectivity index (χ0n) is 14.8. The molecule has 2 N–H and O–H groups in total. The van der Waals surface area contributed by atoms with Gasteiger partial charge in [0.05, 0.1) is 23.9 Å². The third-order valence-corrected chi connectivity index (χ3v) is 6.58. The highest BCUT2D eigenvalue weighted by Gasteiger charge is 2.56. The van der Waals surface area contributed by atoms with Crippen LogP contribution >= 0.6 is 0 Å². The highest BCUT2D eigenvalue weighted by molar-refractivity contribution is 5.20. The molecule has 2 saturated heterocycles. The molecule has 0 amide bonds. The molecule has 0 aromatic heterocycles. The van der Waals surface area contributed by atoms with Crippen LogP contribution < -0.4 is 0 Å². The highest BCUT2D eigenvalue weighted by atomic mass is 16.5. The molecule has 2 aliphatic heterocycles. The molecule has 0 spiro atoms. The van der Waals surface area contributed by atoms with Crippen molar-refractivity contribution in [3.8, 4) is 0 Å². The van der Waals surface area contributed by atoms with Crippen LogP contribution in [0.25, 0.3) is 0 Å². The van der Waals surface area contributed by atoms with Crippen molar-refractivity contribution in [2.45, 2.75) is 76.8 Å². The minimum absolute atomic E-state index is 0.00535. The summed E-state index contributed by atoms with van der Waals surface area (Å²) in [7, 11) is 0. The first kappa shape index (κ1) is 17.2. The largest absolute Gasteiger partial charge is 0.389 e. The number of ether oxygens (including phenoxy) is 1. The van der Waals surface area contributed by atoms with E-state index < -0.39 is 11.7 Å². The van der Waals surface area contributed by atoms with Gasteiger partial charge in [0.1, 0.15) is 0 Å². The number of hydrogen-bond donors (Lipinski definition) is 2. The Labute approximate surface area is 140 Å². The lowest BCUT2D eigenvalue weighted by molar-refractivity contribution is -0.117. The fourth-order valence-electron chi connectivity index (χ4n) is 5.22. The maximum Gasteiger partial charge on any atom is 0.0900 e. The first-order valence-corrected chi connectivity index (χ1v) is 9.13. The molecule has 130 valence electrons. The number of rotatable bonds is 1. The number of aliphatic hydroxyl groups excluding tert-OH is 1. The Morgan fingerprint density at radius 1 is 1.22 bits per heavy atom. The molecule has 0 unspecified atom stereocenters. The van der Waals surface area contributed by atoms with Crippen molar-refractivity contribution < 1.29 is 14.9 Å². The maximum absolute atomic E-state index is 11.1. The second-order valence-corrected chi connectivity index (χ2v) is 8.58. The van der Waals surface area contributed by atoms with Crippen molar-refractivity contribution >= 4 is 0 Å². The third kappa shape index (κ3) is 2.92. The molecule has 0 aromatic carbocycles. The van der Waals surface area contributed by atoms with Crippen molar-refractivity contribution in [2.75, 3.05) is 0 Å². The second kappa shape index (κ2) is 6.02. The standard InChI is InChI=1S/C20H32O3/c1-11(2)14-7-6-12(3)17-16-10-13(4)15(21)8-9-20(5,22)19(23-16)18(14)17/h11,14-19,21-22H,3-4,6-10H2,1-2,5H3/t14-,15-,16+,17-,18-,19+,20+/m1/s1. The molecule has 7 atom stereocenters. The van der Waals surface area contributed by atoms with E-state index in [-0.39, 0.29) is 18.1 Å². The van der Waals surface area contributed by atoms with Crippen LogP contribution in [0.4, 0.5) is 0 Å². The predicted molar refractivity (Wildman–Crippen MR) is 92.0 cm³/mol. The first-order chi connectivity index (χ1) is 10.7. The van der Waals surface area contributed by atoms with E-state index in [2.05, 4.69) is 27.0 Å². The minimum Gasteiger partial charge on any atom is -0.389 e. The molecular formula is C20H32O3. The molecule has 1 saturated carbocycles. The molecule has 3 fully saturated rings. The van der Waals surface area contributed by atoms with E-state index in [1.165, 1.54) is 5.57 Å². The summed E-state index contributed by atoms with van der Waals surface area (Å²) in [5, 5.41) is 21.4. The number of hydrogen-bond acceptors (Lipinski definition) is 3. The maximum atomic E-state index is 11.1. The van der Waals surface area contributed by atoms with Crippen molar-refractivity contribution in [1.82, 2.24) is 0 Å². The van der Waals surface area contributed by atoms with Gasteiger partial charge in [-0.15, -0.1) is 0 Å². The zero-order chi connectivity index (χ0) is 16.9. The number of aliphatic hydroxyl groups is 2. The first-order valence-electron chi connectivity index (χ1n) is 9.13. The second-order valence-electron chi connectivity index (χ2n) is 8.58. The molecule has 0 radical (unpaired) electrons. The summed E-state index contributed by atoms with van der Waals surface area (Å²) in [6, 6.07) is 0. The monoisotopic (exact) mass is 320 g/mol. The van der Waals surface area contributed by atoms with E-state index in [0.29, 0.717) is 37.0 Å². The van der Waals surface area contributed by atoms with Crippen LogP contribution in [-0.2, 0) is 4.74 Å². The predicted octanol–water partition coefficient (Wildman–Crippen LogP) is 3.46. The summed E-state index contributed by atoms with van der Waals surface area (Å²) in [6.07, 6.45) is 3.27. The van der Waals surface area contributed by atoms with Gasteiger partial charge >= 0.3 is 0 Å². The van der Waals surface area contributed by atoms with Gasteiger partial charge in [0.2, 0.25) is 0 Å². The molecule has 2 heterocycles. The summed E-state index contributed by atoms with van der Waals surface area (Å²) >= 11 is 0. The summed E-state index contributed by atoms with van der Waals surface area (Å²) in [6.45, 7) is 14.9. The van der Waals surface area contributed by atoms with E-state index >= 15 is 0 Å². The number of fused-ring (bicyclic) bond motifs is 5. The normalized spacial score (nSPS) is 47.9. The molecule has 23 heavy (non-hydrogen) atoms. The fourth-order valence-corrected chi connectivity index (χ4v) is 5.22. The van der Waals surface area contributed by atoms with Gasteiger partial charge in [-0.1, -0.05) is 32.6 Å². The summed E-state index contributed by atoms with van der Waals surface area (Å²) < 4.78 is 6.43. The Morgan fingerprint density at radius 2 is 1.91 bits per heavy atom. The Hall–Kier alpha value is -0.640. The van der Waals surface area contributed by atoms with Crippen LogP contribution in [-0.4, -0.2) is 34.1 Å². The van der Waals surface area contributed by atoms with Crippen LogP contribution in [0.3, 0.4) is 0 Å². The zero-order valence-corrected chi connectivity index (χ0v) is 14.8. The van der Waals surface area contributed by atoms with Gasteiger partial charge in [-0.2, -0.15) is 0 Å². The average Bonchev–Trinajstić information content (AvgIpc) is 2.86. The van der Waals surface area contributed by atoms with Crippen molar-refractivity contribution in [3.05, 3.63) is 24.3 Å². The Balaban J connectivity index is 2.01. The minimum atomic E-state index is -0.909. The van der Waals surface area contributed by atoms with E-state index in [4.69, 9.17) is 4.74 Å². The van der Waals surface area contributed by atoms with Crippen LogP contribution in [0.15, 0.2) is 24.3 Å². The van der Waals surface area contributed by atoms with Gasteiger partial charge in [-0.05, 0) is 62.4 Å². The van der Waals surface area contributed by atoms with Crippen LogP contribution in [0.2, 0.25) is 0 Å². The van der Waals surface area contributed by atoms with Gasteiger partial charge in [0.15, 0.2) is 0 Å². The van der Waals surface area contributed by atoms with Crippen molar-refractivity contribution in [3.63, 3.8) is 0 Å². The molecule has 0 aromatic rings. The van der Waals surface area contributed by atoms with Gasteiger partial charge in [0.25, 0.3) is 0 Å². The summed E-state index contributed by atoms with van der Waals surface area (Å²) in [5.41, 5.74) is 1.19. The average molecular weight is 320 g/mol. The molecule has 2 bridgehead atoms. The van der Waals surface area contributed by atoms with Crippen LogP contribution in [0.1, 0.15) is 52.9 Å². The molecule has 3 rings (SSSR count). The van der Waals surface area contributed by atoms with E-state index in [1.807, 2.05) is 6.92 Å². The lowest BCUT2D eigenvalue weighted by atomic mass is 9.61. The Bertz CT molecular complexity index is 493. The van der Waals surface area contributed by atoms with E-state index in [0.717, 1.165) is 18.4 Å². The lowest BCUT2D eigenvalue weighted by Gasteiger charge is -2.44. The summed E-state index contributed by atoms with van der Waals surface area (Å²) in [5.74, 6) is 1.76. The molecule has 3 heteroatoms.